The Bertz CT molecular complexity index is 598. The van der Waals surface area contributed by atoms with Gasteiger partial charge >= 0.3 is 6.18 Å². The molecule has 0 radical (unpaired) electrons. The normalized spacial score (nSPS) is 11.4. The van der Waals surface area contributed by atoms with E-state index in [4.69, 9.17) is 11.6 Å². The van der Waals surface area contributed by atoms with Crippen LogP contribution in [0.25, 0.3) is 0 Å². The molecule has 0 aliphatic carbocycles. The minimum absolute atomic E-state index is 0.0180. The van der Waals surface area contributed by atoms with Crippen LogP contribution >= 0.6 is 11.6 Å². The Morgan fingerprint density at radius 2 is 2.11 bits per heavy atom. The molecular weight excluding hydrogens is 287 g/mol. The van der Waals surface area contributed by atoms with Crippen LogP contribution in [0.3, 0.4) is 0 Å². The van der Waals surface area contributed by atoms with E-state index in [-0.39, 0.29) is 16.5 Å². The zero-order valence-electron chi connectivity index (χ0n) is 8.99. The molecule has 2 N–H and O–H groups in total. The second kappa shape index (κ2) is 4.84. The van der Waals surface area contributed by atoms with Crippen LogP contribution in [0.1, 0.15) is 16.2 Å². The molecule has 0 saturated heterocycles. The van der Waals surface area contributed by atoms with Crippen LogP contribution in [0.15, 0.2) is 18.2 Å². The van der Waals surface area contributed by atoms with E-state index >= 15 is 0 Å². The number of alkyl halides is 3. The maximum atomic E-state index is 12.4. The van der Waals surface area contributed by atoms with Gasteiger partial charge in [0.1, 0.15) is 0 Å². The van der Waals surface area contributed by atoms with Gasteiger partial charge < -0.3 is 5.32 Å². The van der Waals surface area contributed by atoms with Gasteiger partial charge in [-0.25, -0.2) is 0 Å². The first-order valence-corrected chi connectivity index (χ1v) is 5.17. The Hall–Kier alpha value is -2.16. The minimum Gasteiger partial charge on any atom is -0.318 e. The maximum absolute atomic E-state index is 12.4. The number of nitrogens with zero attached hydrogens (tertiary/aromatic N) is 3. The molecule has 0 atom stereocenters. The van der Waals surface area contributed by atoms with E-state index in [9.17, 15) is 18.0 Å². The van der Waals surface area contributed by atoms with Crippen molar-refractivity contribution in [2.45, 2.75) is 6.18 Å². The summed E-state index contributed by atoms with van der Waals surface area (Å²) in [4.78, 5) is 11.5. The highest BCUT2D eigenvalue weighted by molar-refractivity contribution is 6.34. The van der Waals surface area contributed by atoms with E-state index < -0.39 is 17.6 Å². The fourth-order valence-electron chi connectivity index (χ4n) is 1.23. The van der Waals surface area contributed by atoms with E-state index in [0.717, 1.165) is 12.1 Å². The predicted octanol–water partition coefficient (Wildman–Crippen LogP) is 2.12. The minimum atomic E-state index is -4.50. The van der Waals surface area contributed by atoms with Crippen molar-refractivity contribution in [3.8, 4) is 0 Å². The topological polar surface area (TPSA) is 83.6 Å². The highest BCUT2D eigenvalue weighted by Crippen LogP contribution is 2.33. The van der Waals surface area contributed by atoms with Gasteiger partial charge in [-0.2, -0.15) is 18.4 Å². The number of tetrazole rings is 1. The number of hydrogen-bond donors (Lipinski definition) is 2. The molecule has 0 aliphatic heterocycles. The first-order valence-electron chi connectivity index (χ1n) is 4.79. The van der Waals surface area contributed by atoms with Crippen molar-refractivity contribution in [2.24, 2.45) is 0 Å². The molecule has 0 saturated carbocycles. The number of aromatic amines is 1. The third-order valence-corrected chi connectivity index (χ3v) is 2.41. The fourth-order valence-corrected chi connectivity index (χ4v) is 1.46. The van der Waals surface area contributed by atoms with Crippen LogP contribution < -0.4 is 5.32 Å². The Morgan fingerprint density at radius 1 is 1.37 bits per heavy atom. The summed E-state index contributed by atoms with van der Waals surface area (Å²) in [6.45, 7) is 0. The van der Waals surface area contributed by atoms with Gasteiger partial charge in [-0.3, -0.25) is 4.79 Å². The van der Waals surface area contributed by atoms with Crippen molar-refractivity contribution in [2.75, 3.05) is 5.32 Å². The fraction of sp³-hybridized carbons (Fsp3) is 0.111. The van der Waals surface area contributed by atoms with Gasteiger partial charge in [0.05, 0.1) is 16.3 Å². The van der Waals surface area contributed by atoms with E-state index in [1.54, 1.807) is 0 Å². The Kier molecular flexibility index (Phi) is 3.38. The molecule has 0 bridgehead atoms. The molecule has 0 aliphatic rings. The Labute approximate surface area is 109 Å². The lowest BCUT2D eigenvalue weighted by Crippen LogP contribution is -2.14. The molecule has 2 rings (SSSR count). The summed E-state index contributed by atoms with van der Waals surface area (Å²) in [5.74, 6) is -0.994. The monoisotopic (exact) mass is 291 g/mol. The van der Waals surface area contributed by atoms with E-state index in [0.29, 0.717) is 6.07 Å². The number of aromatic nitrogens is 4. The van der Waals surface area contributed by atoms with E-state index in [1.165, 1.54) is 0 Å². The summed E-state index contributed by atoms with van der Waals surface area (Å²) >= 11 is 5.66. The summed E-state index contributed by atoms with van der Waals surface area (Å²) in [6.07, 6.45) is -4.50. The van der Waals surface area contributed by atoms with Gasteiger partial charge in [-0.15, -0.1) is 10.2 Å². The Morgan fingerprint density at radius 3 is 2.63 bits per heavy atom. The molecule has 10 heteroatoms. The quantitative estimate of drug-likeness (QED) is 0.888. The second-order valence-corrected chi connectivity index (χ2v) is 3.79. The molecule has 1 aromatic carbocycles. The molecule has 2 aromatic rings. The van der Waals surface area contributed by atoms with Crippen molar-refractivity contribution in [1.29, 1.82) is 0 Å². The summed E-state index contributed by atoms with van der Waals surface area (Å²) in [5.41, 5.74) is -0.889. The zero-order chi connectivity index (χ0) is 14.0. The lowest BCUT2D eigenvalue weighted by atomic mass is 10.2. The highest BCUT2D eigenvalue weighted by atomic mass is 35.5. The largest absolute Gasteiger partial charge is 0.416 e. The molecule has 1 heterocycles. The molecule has 0 fully saturated rings. The molecule has 0 spiro atoms. The number of amides is 1. The summed E-state index contributed by atoms with van der Waals surface area (Å²) in [7, 11) is 0. The van der Waals surface area contributed by atoms with Crippen molar-refractivity contribution < 1.29 is 18.0 Å². The lowest BCUT2D eigenvalue weighted by Gasteiger charge is -2.10. The number of nitrogens with one attached hydrogen (secondary N) is 2. The van der Waals surface area contributed by atoms with Crippen LogP contribution in [0.5, 0.6) is 0 Å². The number of rotatable bonds is 2. The van der Waals surface area contributed by atoms with Gasteiger partial charge in [0, 0.05) is 0 Å². The molecule has 1 aromatic heterocycles. The van der Waals surface area contributed by atoms with Gasteiger partial charge in [-0.1, -0.05) is 11.6 Å². The van der Waals surface area contributed by atoms with Crippen LogP contribution in [0.4, 0.5) is 18.9 Å². The second-order valence-electron chi connectivity index (χ2n) is 3.38. The van der Waals surface area contributed by atoms with E-state index in [1.807, 2.05) is 0 Å². The van der Waals surface area contributed by atoms with Gasteiger partial charge in [0.25, 0.3) is 11.7 Å². The van der Waals surface area contributed by atoms with Crippen molar-refractivity contribution >= 4 is 23.2 Å². The lowest BCUT2D eigenvalue weighted by molar-refractivity contribution is -0.137. The average Bonchev–Trinajstić information content (AvgIpc) is 2.84. The van der Waals surface area contributed by atoms with Gasteiger partial charge in [0.15, 0.2) is 0 Å². The molecule has 19 heavy (non-hydrogen) atoms. The van der Waals surface area contributed by atoms with E-state index in [2.05, 4.69) is 25.9 Å². The predicted molar refractivity (Wildman–Crippen MR) is 58.6 cm³/mol. The number of benzene rings is 1. The maximum Gasteiger partial charge on any atom is 0.416 e. The van der Waals surface area contributed by atoms with Crippen molar-refractivity contribution in [3.63, 3.8) is 0 Å². The van der Waals surface area contributed by atoms with Crippen LogP contribution in [0.2, 0.25) is 5.02 Å². The van der Waals surface area contributed by atoms with Crippen LogP contribution in [-0.2, 0) is 6.18 Å². The van der Waals surface area contributed by atoms with Crippen molar-refractivity contribution in [1.82, 2.24) is 20.6 Å². The third kappa shape index (κ3) is 2.99. The average molecular weight is 292 g/mol. The van der Waals surface area contributed by atoms with Crippen LogP contribution in [0, 0.1) is 0 Å². The zero-order valence-corrected chi connectivity index (χ0v) is 9.75. The molecule has 100 valence electrons. The summed E-state index contributed by atoms with van der Waals surface area (Å²) < 4.78 is 37.2. The number of halogens is 4. The molecule has 0 unspecified atom stereocenters. The molecular formula is C9H5ClF3N5O. The third-order valence-electron chi connectivity index (χ3n) is 2.09. The van der Waals surface area contributed by atoms with Gasteiger partial charge in [-0.05, 0) is 23.4 Å². The van der Waals surface area contributed by atoms with Gasteiger partial charge in [0.2, 0.25) is 0 Å². The molecule has 6 nitrogen and oxygen atoms in total. The Balaban J connectivity index is 2.21. The smallest absolute Gasteiger partial charge is 0.318 e. The number of anilines is 1. The van der Waals surface area contributed by atoms with Crippen molar-refractivity contribution in [3.05, 3.63) is 34.6 Å². The SMILES string of the molecule is O=C(Nc1ccc(C(F)(F)F)cc1Cl)c1nn[nH]n1. The summed E-state index contributed by atoms with van der Waals surface area (Å²) in [6, 6.07) is 2.56. The standard InChI is InChI=1S/C9H5ClF3N5O/c10-5-3-4(9(11,12)13)1-2-6(5)14-8(19)7-15-17-18-16-7/h1-3H,(H,14,19)(H,15,16,17,18). The number of carbonyl (C=O) groups is 1. The number of carbonyl (C=O) groups excluding carboxylic acids is 1. The van der Waals surface area contributed by atoms with Crippen LogP contribution in [-0.4, -0.2) is 26.5 Å². The first-order chi connectivity index (χ1) is 8.88. The number of hydrogen-bond acceptors (Lipinski definition) is 4. The number of H-pyrrole nitrogens is 1. The molecule has 1 amide bonds. The highest BCUT2D eigenvalue weighted by Gasteiger charge is 2.31. The first kappa shape index (κ1) is 13.3. The summed E-state index contributed by atoms with van der Waals surface area (Å²) in [5, 5.41) is 14.1.